The van der Waals surface area contributed by atoms with Gasteiger partial charge in [0.1, 0.15) is 0 Å². The van der Waals surface area contributed by atoms with E-state index in [2.05, 4.69) is 4.90 Å². The molecule has 1 aliphatic heterocycles. The molecule has 0 aromatic heterocycles. The lowest BCUT2D eigenvalue weighted by molar-refractivity contribution is -0.385. The molecule has 146 valence electrons. The highest BCUT2D eigenvalue weighted by atomic mass is 32.2. The van der Waals surface area contributed by atoms with Gasteiger partial charge in [0.2, 0.25) is 10.0 Å². The Morgan fingerprint density at radius 2 is 1.75 bits per heavy atom. The van der Waals surface area contributed by atoms with Crippen molar-refractivity contribution in [3.63, 3.8) is 0 Å². The summed E-state index contributed by atoms with van der Waals surface area (Å²) in [6.07, 6.45) is 0. The average Bonchev–Trinajstić information content (AvgIpc) is 2.70. The maximum absolute atomic E-state index is 12.8. The molecule has 0 bridgehead atoms. The highest BCUT2D eigenvalue weighted by Crippen LogP contribution is 2.24. The number of hydrogen-bond donors (Lipinski definition) is 0. The van der Waals surface area contributed by atoms with Crippen LogP contribution in [0.2, 0.25) is 0 Å². The molecule has 0 N–H and O–H groups in total. The van der Waals surface area contributed by atoms with Crippen LogP contribution in [0.15, 0.2) is 47.4 Å². The molecule has 0 unspecified atom stereocenters. The fourth-order valence-corrected chi connectivity index (χ4v) is 4.68. The Bertz CT molecular complexity index is 1020. The van der Waals surface area contributed by atoms with E-state index in [1.807, 2.05) is 12.1 Å². The van der Waals surface area contributed by atoms with E-state index in [4.69, 9.17) is 5.26 Å². The van der Waals surface area contributed by atoms with Gasteiger partial charge < -0.3 is 0 Å². The normalized spacial score (nSPS) is 15.9. The fourth-order valence-electron chi connectivity index (χ4n) is 3.26. The molecular formula is C19H20N4O4S. The SMILES string of the molecule is Cc1c(CN2CCN(S(=O)(=O)c3ccc(C#N)cc3)CC2)cccc1[N+](=O)[O-]. The summed E-state index contributed by atoms with van der Waals surface area (Å²) >= 11 is 0. The first-order valence-corrected chi connectivity index (χ1v) is 10.2. The van der Waals surface area contributed by atoms with E-state index in [0.717, 1.165) is 5.56 Å². The first kappa shape index (κ1) is 19.9. The number of rotatable bonds is 5. The molecule has 1 heterocycles. The Morgan fingerprint density at radius 3 is 2.32 bits per heavy atom. The molecule has 1 aliphatic rings. The molecule has 0 amide bonds. The summed E-state index contributed by atoms with van der Waals surface area (Å²) in [5.41, 5.74) is 2.02. The zero-order valence-corrected chi connectivity index (χ0v) is 16.2. The van der Waals surface area contributed by atoms with Crippen LogP contribution in [0, 0.1) is 28.4 Å². The van der Waals surface area contributed by atoms with Crippen LogP contribution in [0.4, 0.5) is 5.69 Å². The number of nitro benzene ring substituents is 1. The van der Waals surface area contributed by atoms with Crippen LogP contribution in [0.5, 0.6) is 0 Å². The Hall–Kier alpha value is -2.80. The molecule has 0 saturated carbocycles. The Labute approximate surface area is 163 Å². The maximum Gasteiger partial charge on any atom is 0.272 e. The molecule has 1 saturated heterocycles. The lowest BCUT2D eigenvalue weighted by Crippen LogP contribution is -2.48. The smallest absolute Gasteiger partial charge is 0.272 e. The third kappa shape index (κ3) is 4.04. The maximum atomic E-state index is 12.8. The van der Waals surface area contributed by atoms with Crippen molar-refractivity contribution in [1.82, 2.24) is 9.21 Å². The molecule has 2 aromatic carbocycles. The molecule has 1 fully saturated rings. The summed E-state index contributed by atoms with van der Waals surface area (Å²) < 4.78 is 27.0. The minimum absolute atomic E-state index is 0.0968. The highest BCUT2D eigenvalue weighted by molar-refractivity contribution is 7.89. The third-order valence-corrected chi connectivity index (χ3v) is 6.87. The summed E-state index contributed by atoms with van der Waals surface area (Å²) in [7, 11) is -3.60. The van der Waals surface area contributed by atoms with Crippen LogP contribution in [-0.2, 0) is 16.6 Å². The lowest BCUT2D eigenvalue weighted by Gasteiger charge is -2.34. The van der Waals surface area contributed by atoms with Crippen molar-refractivity contribution < 1.29 is 13.3 Å². The second-order valence-electron chi connectivity index (χ2n) is 6.63. The van der Waals surface area contributed by atoms with Gasteiger partial charge in [-0.05, 0) is 36.8 Å². The summed E-state index contributed by atoms with van der Waals surface area (Å²) in [5.74, 6) is 0. The van der Waals surface area contributed by atoms with Gasteiger partial charge in [-0.2, -0.15) is 9.57 Å². The molecule has 9 heteroatoms. The van der Waals surface area contributed by atoms with Crippen molar-refractivity contribution >= 4 is 15.7 Å². The molecule has 0 atom stereocenters. The first-order valence-electron chi connectivity index (χ1n) is 8.78. The number of hydrogen-bond acceptors (Lipinski definition) is 6. The number of nitrogens with zero attached hydrogens (tertiary/aromatic N) is 4. The number of nitriles is 1. The Balaban J connectivity index is 1.67. The monoisotopic (exact) mass is 400 g/mol. The largest absolute Gasteiger partial charge is 0.296 e. The molecule has 0 spiro atoms. The van der Waals surface area contributed by atoms with Crippen molar-refractivity contribution in [2.75, 3.05) is 26.2 Å². The van der Waals surface area contributed by atoms with Gasteiger partial charge in [0.05, 0.1) is 21.5 Å². The van der Waals surface area contributed by atoms with E-state index in [0.29, 0.717) is 43.9 Å². The molecule has 0 radical (unpaired) electrons. The Kier molecular flexibility index (Phi) is 5.74. The van der Waals surface area contributed by atoms with Crippen LogP contribution in [0.1, 0.15) is 16.7 Å². The lowest BCUT2D eigenvalue weighted by atomic mass is 10.1. The highest BCUT2D eigenvalue weighted by Gasteiger charge is 2.28. The average molecular weight is 400 g/mol. The molecule has 0 aliphatic carbocycles. The van der Waals surface area contributed by atoms with Crippen molar-refractivity contribution in [3.05, 3.63) is 69.3 Å². The zero-order valence-electron chi connectivity index (χ0n) is 15.4. The number of sulfonamides is 1. The van der Waals surface area contributed by atoms with Crippen LogP contribution in [-0.4, -0.2) is 48.7 Å². The van der Waals surface area contributed by atoms with Gasteiger partial charge in [-0.1, -0.05) is 12.1 Å². The van der Waals surface area contributed by atoms with E-state index in [-0.39, 0.29) is 15.5 Å². The van der Waals surface area contributed by atoms with Gasteiger partial charge in [0.15, 0.2) is 0 Å². The summed E-state index contributed by atoms with van der Waals surface area (Å²) in [6, 6.07) is 12.9. The van der Waals surface area contributed by atoms with Gasteiger partial charge >= 0.3 is 0 Å². The molecule has 3 rings (SSSR count). The second kappa shape index (κ2) is 8.06. The second-order valence-corrected chi connectivity index (χ2v) is 8.57. The summed E-state index contributed by atoms with van der Waals surface area (Å²) in [6.45, 7) is 4.04. The van der Waals surface area contributed by atoms with E-state index >= 15 is 0 Å². The predicted octanol–water partition coefficient (Wildman–Crippen LogP) is 2.28. The fraction of sp³-hybridized carbons (Fsp3) is 0.316. The van der Waals surface area contributed by atoms with E-state index < -0.39 is 10.0 Å². The van der Waals surface area contributed by atoms with Crippen LogP contribution in [0.3, 0.4) is 0 Å². The van der Waals surface area contributed by atoms with Gasteiger partial charge in [-0.25, -0.2) is 8.42 Å². The van der Waals surface area contributed by atoms with Crippen molar-refractivity contribution in [2.24, 2.45) is 0 Å². The summed E-state index contributed by atoms with van der Waals surface area (Å²) in [5, 5.41) is 19.9. The van der Waals surface area contributed by atoms with Gasteiger partial charge in [-0.15, -0.1) is 0 Å². The van der Waals surface area contributed by atoms with E-state index in [1.165, 1.54) is 34.6 Å². The van der Waals surface area contributed by atoms with Crippen molar-refractivity contribution in [1.29, 1.82) is 5.26 Å². The first-order chi connectivity index (χ1) is 13.3. The van der Waals surface area contributed by atoms with E-state index in [1.54, 1.807) is 13.0 Å². The Morgan fingerprint density at radius 1 is 1.11 bits per heavy atom. The summed E-state index contributed by atoms with van der Waals surface area (Å²) in [4.78, 5) is 13.0. The number of nitro groups is 1. The minimum Gasteiger partial charge on any atom is -0.296 e. The molecule has 8 nitrogen and oxygen atoms in total. The van der Waals surface area contributed by atoms with Gasteiger partial charge in [0.25, 0.3) is 5.69 Å². The van der Waals surface area contributed by atoms with E-state index in [9.17, 15) is 18.5 Å². The van der Waals surface area contributed by atoms with Gasteiger partial charge in [-0.3, -0.25) is 15.0 Å². The van der Waals surface area contributed by atoms with Crippen LogP contribution < -0.4 is 0 Å². The third-order valence-electron chi connectivity index (χ3n) is 4.96. The number of benzene rings is 2. The van der Waals surface area contributed by atoms with Crippen LogP contribution in [0.25, 0.3) is 0 Å². The van der Waals surface area contributed by atoms with Crippen molar-refractivity contribution in [3.8, 4) is 6.07 Å². The molecule has 28 heavy (non-hydrogen) atoms. The van der Waals surface area contributed by atoms with Crippen molar-refractivity contribution in [2.45, 2.75) is 18.4 Å². The topological polar surface area (TPSA) is 108 Å². The quantitative estimate of drug-likeness (QED) is 0.563. The minimum atomic E-state index is -3.60. The van der Waals surface area contributed by atoms with Crippen LogP contribution >= 0.6 is 0 Å². The van der Waals surface area contributed by atoms with Gasteiger partial charge in [0, 0.05) is 44.4 Å². The molecular weight excluding hydrogens is 380 g/mol. The molecule has 2 aromatic rings. The zero-order chi connectivity index (χ0) is 20.3. The number of piperazine rings is 1. The predicted molar refractivity (Wildman–Crippen MR) is 103 cm³/mol. The standard InChI is InChI=1S/C19H20N4O4S/c1-15-17(3-2-4-19(15)23(24)25)14-21-9-11-22(12-10-21)28(26,27)18-7-5-16(13-20)6-8-18/h2-8H,9-12,14H2,1H3.